The van der Waals surface area contributed by atoms with E-state index in [2.05, 4.69) is 43.3 Å². The lowest BCUT2D eigenvalue weighted by Crippen LogP contribution is -2.41. The highest BCUT2D eigenvalue weighted by Gasteiger charge is 2.28. The van der Waals surface area contributed by atoms with E-state index >= 15 is 0 Å². The highest BCUT2D eigenvalue weighted by molar-refractivity contribution is 5.95. The average Bonchev–Trinajstić information content (AvgIpc) is 3.13. The predicted molar refractivity (Wildman–Crippen MR) is 113 cm³/mol. The summed E-state index contributed by atoms with van der Waals surface area (Å²) in [5, 5.41) is 8.15. The Balaban J connectivity index is 1.37. The summed E-state index contributed by atoms with van der Waals surface area (Å²) >= 11 is 0. The minimum absolute atomic E-state index is 0.106. The first-order valence-corrected chi connectivity index (χ1v) is 10.7. The molecule has 0 aliphatic carbocycles. The molecule has 0 spiro atoms. The van der Waals surface area contributed by atoms with Gasteiger partial charge in [-0.15, -0.1) is 0 Å². The van der Waals surface area contributed by atoms with Crippen LogP contribution in [0.1, 0.15) is 44.7 Å². The maximum absolute atomic E-state index is 12.9. The molecule has 4 rings (SSSR count). The van der Waals surface area contributed by atoms with Gasteiger partial charge in [-0.25, -0.2) is 0 Å². The van der Waals surface area contributed by atoms with E-state index in [-0.39, 0.29) is 5.91 Å². The van der Waals surface area contributed by atoms with E-state index in [1.54, 1.807) is 6.20 Å². The van der Waals surface area contributed by atoms with Gasteiger partial charge < -0.3 is 15.0 Å². The van der Waals surface area contributed by atoms with Crippen molar-refractivity contribution < 1.29 is 9.53 Å². The summed E-state index contributed by atoms with van der Waals surface area (Å²) in [6.45, 7) is 11.9. The van der Waals surface area contributed by atoms with Gasteiger partial charge in [0.2, 0.25) is 0 Å². The maximum Gasteiger partial charge on any atom is 0.257 e. The Morgan fingerprint density at radius 2 is 1.90 bits per heavy atom. The molecule has 1 fully saturated rings. The van der Waals surface area contributed by atoms with Crippen molar-refractivity contribution in [3.05, 3.63) is 51.8 Å². The second-order valence-electron chi connectivity index (χ2n) is 8.50. The first-order chi connectivity index (χ1) is 14.0. The largest absolute Gasteiger partial charge is 0.378 e. The molecule has 1 aromatic heterocycles. The number of hydrogen-bond donors (Lipinski definition) is 1. The Morgan fingerprint density at radius 3 is 2.62 bits per heavy atom. The molecule has 6 heteroatoms. The molecule has 1 saturated heterocycles. The van der Waals surface area contributed by atoms with Crippen molar-refractivity contribution in [2.45, 2.75) is 46.7 Å². The fraction of sp³-hybridized carbons (Fsp3) is 0.565. The Hall–Kier alpha value is -2.18. The smallest absolute Gasteiger partial charge is 0.257 e. The number of carbonyl (C=O) groups excluding carboxylic acids is 1. The number of morpholine rings is 1. The molecule has 156 valence electrons. The van der Waals surface area contributed by atoms with Crippen LogP contribution in [0.5, 0.6) is 0 Å². The second kappa shape index (κ2) is 8.67. The third-order valence-electron chi connectivity index (χ3n) is 6.28. The lowest BCUT2D eigenvalue weighted by atomic mass is 9.93. The van der Waals surface area contributed by atoms with Crippen molar-refractivity contribution in [3.63, 3.8) is 0 Å². The van der Waals surface area contributed by atoms with Gasteiger partial charge in [-0.05, 0) is 62.8 Å². The minimum atomic E-state index is 0.106. The number of carbonyl (C=O) groups is 1. The molecule has 3 heterocycles. The maximum atomic E-state index is 12.9. The average molecular weight is 397 g/mol. The van der Waals surface area contributed by atoms with E-state index in [1.807, 2.05) is 9.58 Å². The van der Waals surface area contributed by atoms with Gasteiger partial charge in [0.15, 0.2) is 0 Å². The third kappa shape index (κ3) is 4.38. The Bertz CT molecular complexity index is 860. The molecule has 0 saturated carbocycles. The summed E-state index contributed by atoms with van der Waals surface area (Å²) in [5.41, 5.74) is 7.32. The van der Waals surface area contributed by atoms with Gasteiger partial charge in [0.05, 0.1) is 30.7 Å². The van der Waals surface area contributed by atoms with Crippen molar-refractivity contribution in [1.82, 2.24) is 20.0 Å². The van der Waals surface area contributed by atoms with Crippen LogP contribution >= 0.6 is 0 Å². The van der Waals surface area contributed by atoms with Crippen molar-refractivity contribution in [1.29, 1.82) is 0 Å². The quantitative estimate of drug-likeness (QED) is 0.844. The Kier molecular flexibility index (Phi) is 6.01. The van der Waals surface area contributed by atoms with Crippen LogP contribution in [-0.2, 0) is 24.2 Å². The Morgan fingerprint density at radius 1 is 1.17 bits per heavy atom. The lowest BCUT2D eigenvalue weighted by molar-refractivity contribution is 0.0301. The van der Waals surface area contributed by atoms with Gasteiger partial charge in [-0.3, -0.25) is 9.48 Å². The highest BCUT2D eigenvalue weighted by Crippen LogP contribution is 2.24. The summed E-state index contributed by atoms with van der Waals surface area (Å²) in [6, 6.07) is 4.51. The van der Waals surface area contributed by atoms with Crippen LogP contribution in [0.2, 0.25) is 0 Å². The van der Waals surface area contributed by atoms with Gasteiger partial charge in [0.25, 0.3) is 5.91 Å². The molecule has 1 atom stereocenters. The predicted octanol–water partition coefficient (Wildman–Crippen LogP) is 2.63. The van der Waals surface area contributed by atoms with Gasteiger partial charge in [0, 0.05) is 26.2 Å². The molecule has 2 aromatic rings. The Labute approximate surface area is 173 Å². The molecule has 2 aliphatic rings. The molecule has 29 heavy (non-hydrogen) atoms. The van der Waals surface area contributed by atoms with Crippen LogP contribution in [0.4, 0.5) is 0 Å². The van der Waals surface area contributed by atoms with E-state index in [4.69, 9.17) is 4.74 Å². The molecule has 0 bridgehead atoms. The van der Waals surface area contributed by atoms with Crippen LogP contribution in [0.3, 0.4) is 0 Å². The zero-order valence-corrected chi connectivity index (χ0v) is 17.8. The van der Waals surface area contributed by atoms with Crippen molar-refractivity contribution >= 4 is 5.91 Å². The van der Waals surface area contributed by atoms with Crippen molar-refractivity contribution in [3.8, 4) is 0 Å². The number of benzene rings is 1. The number of hydrogen-bond acceptors (Lipinski definition) is 4. The highest BCUT2D eigenvalue weighted by atomic mass is 16.5. The van der Waals surface area contributed by atoms with Crippen LogP contribution in [0.25, 0.3) is 0 Å². The van der Waals surface area contributed by atoms with E-state index in [0.717, 1.165) is 43.7 Å². The van der Waals surface area contributed by atoms with Crippen LogP contribution in [0, 0.1) is 26.7 Å². The number of fused-ring (bicyclic) bond motifs is 1. The van der Waals surface area contributed by atoms with E-state index in [0.29, 0.717) is 32.2 Å². The molecule has 6 nitrogen and oxygen atoms in total. The molecular formula is C23H32N4O2. The summed E-state index contributed by atoms with van der Waals surface area (Å²) in [6.07, 6.45) is 3.77. The molecule has 0 unspecified atom stereocenters. The van der Waals surface area contributed by atoms with Gasteiger partial charge in [-0.2, -0.15) is 5.10 Å². The summed E-state index contributed by atoms with van der Waals surface area (Å²) in [4.78, 5) is 14.8. The fourth-order valence-corrected chi connectivity index (χ4v) is 4.68. The zero-order valence-electron chi connectivity index (χ0n) is 17.8. The minimum Gasteiger partial charge on any atom is -0.378 e. The molecule has 1 N–H and O–H groups in total. The summed E-state index contributed by atoms with van der Waals surface area (Å²) in [7, 11) is 0. The van der Waals surface area contributed by atoms with E-state index in [1.165, 1.54) is 22.3 Å². The number of aromatic nitrogens is 2. The lowest BCUT2D eigenvalue weighted by Gasteiger charge is -2.28. The summed E-state index contributed by atoms with van der Waals surface area (Å²) < 4.78 is 7.40. The molecule has 1 aromatic carbocycles. The van der Waals surface area contributed by atoms with Crippen LogP contribution in [-0.4, -0.2) is 53.4 Å². The van der Waals surface area contributed by atoms with Crippen molar-refractivity contribution in [2.75, 3.05) is 32.8 Å². The number of ether oxygens (including phenoxy) is 1. The number of nitrogens with one attached hydrogen (secondary N) is 1. The SMILES string of the molecule is Cc1cc(C)c(CNC[C@@H]2CCn3ncc(C(=O)N4CCOCC4)c3C2)c(C)c1. The third-order valence-corrected chi connectivity index (χ3v) is 6.28. The fourth-order valence-electron chi connectivity index (χ4n) is 4.68. The monoisotopic (exact) mass is 396 g/mol. The number of rotatable bonds is 5. The van der Waals surface area contributed by atoms with Gasteiger partial charge in [-0.1, -0.05) is 17.7 Å². The molecule has 0 radical (unpaired) electrons. The number of nitrogens with zero attached hydrogens (tertiary/aromatic N) is 3. The number of aryl methyl sites for hydroxylation is 4. The zero-order chi connectivity index (χ0) is 20.4. The van der Waals surface area contributed by atoms with E-state index in [9.17, 15) is 4.79 Å². The molecule has 1 amide bonds. The van der Waals surface area contributed by atoms with Crippen LogP contribution in [0.15, 0.2) is 18.3 Å². The van der Waals surface area contributed by atoms with Crippen LogP contribution < -0.4 is 5.32 Å². The second-order valence-corrected chi connectivity index (χ2v) is 8.50. The molecular weight excluding hydrogens is 364 g/mol. The normalized spacial score (nSPS) is 19.3. The van der Waals surface area contributed by atoms with Crippen molar-refractivity contribution in [2.24, 2.45) is 5.92 Å². The van der Waals surface area contributed by atoms with Gasteiger partial charge in [0.1, 0.15) is 0 Å². The first-order valence-electron chi connectivity index (χ1n) is 10.7. The van der Waals surface area contributed by atoms with E-state index < -0.39 is 0 Å². The standard InChI is InChI=1S/C23H32N4O2/c1-16-10-17(2)20(18(3)11-16)14-24-13-19-4-5-27-22(12-19)21(15-25-27)23(28)26-6-8-29-9-7-26/h10-11,15,19,24H,4-9,12-14H2,1-3H3/t19-/m1/s1. The van der Waals surface area contributed by atoms with Gasteiger partial charge >= 0.3 is 0 Å². The number of amides is 1. The molecule has 2 aliphatic heterocycles. The summed E-state index contributed by atoms with van der Waals surface area (Å²) in [5.74, 6) is 0.635. The topological polar surface area (TPSA) is 59.4 Å². The first kappa shape index (κ1) is 20.1.